The number of hydrogen-bond donors (Lipinski definition) is 2. The third-order valence-corrected chi connectivity index (χ3v) is 5.42. The Kier molecular flexibility index (Phi) is 5.58. The Morgan fingerprint density at radius 2 is 1.68 bits per heavy atom. The molecule has 0 aromatic heterocycles. The first kappa shape index (κ1) is 17.0. The Labute approximate surface area is 132 Å². The first-order chi connectivity index (χ1) is 10.4. The van der Waals surface area contributed by atoms with Gasteiger partial charge in [0.05, 0.1) is 4.90 Å². The van der Waals surface area contributed by atoms with E-state index in [4.69, 9.17) is 0 Å². The summed E-state index contributed by atoms with van der Waals surface area (Å²) in [6.07, 6.45) is 5.15. The van der Waals surface area contributed by atoms with Crippen molar-refractivity contribution in [3.63, 3.8) is 0 Å². The summed E-state index contributed by atoms with van der Waals surface area (Å²) < 4.78 is 27.5. The normalized spacial score (nSPS) is 16.7. The second kappa shape index (κ2) is 7.24. The maximum Gasteiger partial charge on any atom is 0.240 e. The van der Waals surface area contributed by atoms with E-state index in [9.17, 15) is 13.2 Å². The molecule has 1 amide bonds. The lowest BCUT2D eigenvalue weighted by molar-refractivity contribution is -0.118. The number of nitrogens with one attached hydrogen (secondary N) is 2. The Bertz CT molecular complexity index is 603. The SMILES string of the molecule is CC(C)C(=O)Nc1ccc(S(=O)(=O)NC2CCCCC2)cc1. The first-order valence-electron chi connectivity index (χ1n) is 7.82. The van der Waals surface area contributed by atoms with E-state index in [2.05, 4.69) is 10.0 Å². The molecule has 22 heavy (non-hydrogen) atoms. The number of hydrogen-bond acceptors (Lipinski definition) is 3. The molecule has 6 heteroatoms. The molecule has 122 valence electrons. The molecule has 0 radical (unpaired) electrons. The van der Waals surface area contributed by atoms with Crippen LogP contribution in [-0.4, -0.2) is 20.4 Å². The second-order valence-electron chi connectivity index (χ2n) is 6.12. The van der Waals surface area contributed by atoms with Gasteiger partial charge in [-0.25, -0.2) is 13.1 Å². The lowest BCUT2D eigenvalue weighted by Gasteiger charge is -2.22. The molecule has 0 aliphatic heterocycles. The van der Waals surface area contributed by atoms with Crippen LogP contribution < -0.4 is 10.0 Å². The fourth-order valence-electron chi connectivity index (χ4n) is 2.51. The topological polar surface area (TPSA) is 75.3 Å². The molecule has 1 aromatic carbocycles. The zero-order valence-electron chi connectivity index (χ0n) is 13.1. The lowest BCUT2D eigenvalue weighted by Crippen LogP contribution is -2.36. The van der Waals surface area contributed by atoms with Crippen LogP contribution in [0.2, 0.25) is 0 Å². The van der Waals surface area contributed by atoms with Gasteiger partial charge in [-0.05, 0) is 37.1 Å². The molecule has 0 saturated heterocycles. The fourth-order valence-corrected chi connectivity index (χ4v) is 3.82. The monoisotopic (exact) mass is 324 g/mol. The van der Waals surface area contributed by atoms with Gasteiger partial charge in [0.25, 0.3) is 0 Å². The molecule has 1 saturated carbocycles. The number of sulfonamides is 1. The second-order valence-corrected chi connectivity index (χ2v) is 7.84. The molecule has 5 nitrogen and oxygen atoms in total. The van der Waals surface area contributed by atoms with Gasteiger partial charge in [-0.15, -0.1) is 0 Å². The summed E-state index contributed by atoms with van der Waals surface area (Å²) in [6.45, 7) is 3.62. The van der Waals surface area contributed by atoms with E-state index >= 15 is 0 Å². The number of carbonyl (C=O) groups is 1. The van der Waals surface area contributed by atoms with Gasteiger partial charge >= 0.3 is 0 Å². The number of benzene rings is 1. The molecule has 1 aliphatic carbocycles. The van der Waals surface area contributed by atoms with Crippen LogP contribution >= 0.6 is 0 Å². The molecule has 1 aromatic rings. The summed E-state index contributed by atoms with van der Waals surface area (Å²) in [5, 5.41) is 2.75. The van der Waals surface area contributed by atoms with Crippen LogP contribution in [-0.2, 0) is 14.8 Å². The molecule has 1 fully saturated rings. The zero-order valence-corrected chi connectivity index (χ0v) is 13.9. The maximum absolute atomic E-state index is 12.3. The number of amides is 1. The Morgan fingerprint density at radius 1 is 1.09 bits per heavy atom. The van der Waals surface area contributed by atoms with Crippen molar-refractivity contribution in [3.8, 4) is 0 Å². The van der Waals surface area contributed by atoms with E-state index in [1.165, 1.54) is 18.6 Å². The smallest absolute Gasteiger partial charge is 0.240 e. The van der Waals surface area contributed by atoms with E-state index in [1.54, 1.807) is 12.1 Å². The Morgan fingerprint density at radius 3 is 2.23 bits per heavy atom. The van der Waals surface area contributed by atoms with Crippen molar-refractivity contribution in [2.75, 3.05) is 5.32 Å². The van der Waals surface area contributed by atoms with E-state index in [0.717, 1.165) is 25.7 Å². The first-order valence-corrected chi connectivity index (χ1v) is 9.30. The minimum atomic E-state index is -3.48. The molecular formula is C16H24N2O3S. The molecule has 0 unspecified atom stereocenters. The lowest BCUT2D eigenvalue weighted by atomic mass is 9.96. The predicted molar refractivity (Wildman–Crippen MR) is 87.1 cm³/mol. The van der Waals surface area contributed by atoms with Gasteiger partial charge in [0.15, 0.2) is 0 Å². The average molecular weight is 324 g/mol. The van der Waals surface area contributed by atoms with Gasteiger partial charge in [0.2, 0.25) is 15.9 Å². The third kappa shape index (κ3) is 4.55. The van der Waals surface area contributed by atoms with Crippen LogP contribution in [0, 0.1) is 5.92 Å². The van der Waals surface area contributed by atoms with Crippen LogP contribution in [0.15, 0.2) is 29.2 Å². The summed E-state index contributed by atoms with van der Waals surface area (Å²) in [7, 11) is -3.48. The van der Waals surface area contributed by atoms with Crippen LogP contribution in [0.3, 0.4) is 0 Å². The summed E-state index contributed by atoms with van der Waals surface area (Å²) in [6, 6.07) is 6.34. The Hall–Kier alpha value is -1.40. The minimum absolute atomic E-state index is 0.0408. The fraction of sp³-hybridized carbons (Fsp3) is 0.562. The maximum atomic E-state index is 12.3. The van der Waals surface area contributed by atoms with E-state index in [1.807, 2.05) is 13.8 Å². The van der Waals surface area contributed by atoms with Crippen LogP contribution in [0.5, 0.6) is 0 Å². The standard InChI is InChI=1S/C16H24N2O3S/c1-12(2)16(19)17-13-8-10-15(11-9-13)22(20,21)18-14-6-4-3-5-7-14/h8-12,14,18H,3-7H2,1-2H3,(H,17,19). The molecule has 2 rings (SSSR count). The quantitative estimate of drug-likeness (QED) is 0.874. The van der Waals surface area contributed by atoms with Crippen LogP contribution in [0.25, 0.3) is 0 Å². The number of anilines is 1. The highest BCUT2D eigenvalue weighted by molar-refractivity contribution is 7.89. The largest absolute Gasteiger partial charge is 0.326 e. The minimum Gasteiger partial charge on any atom is -0.326 e. The number of carbonyl (C=O) groups excluding carboxylic acids is 1. The highest BCUT2D eigenvalue weighted by atomic mass is 32.2. The van der Waals surface area contributed by atoms with Gasteiger partial charge in [-0.2, -0.15) is 0 Å². The van der Waals surface area contributed by atoms with E-state index in [0.29, 0.717) is 5.69 Å². The van der Waals surface area contributed by atoms with Gasteiger partial charge in [-0.3, -0.25) is 4.79 Å². The average Bonchev–Trinajstić information content (AvgIpc) is 2.48. The summed E-state index contributed by atoms with van der Waals surface area (Å²) in [4.78, 5) is 11.9. The summed E-state index contributed by atoms with van der Waals surface area (Å²) in [5.41, 5.74) is 0.607. The van der Waals surface area contributed by atoms with Gasteiger partial charge in [-0.1, -0.05) is 33.1 Å². The zero-order chi connectivity index (χ0) is 16.2. The van der Waals surface area contributed by atoms with Crippen molar-refractivity contribution < 1.29 is 13.2 Å². The van der Waals surface area contributed by atoms with E-state index < -0.39 is 10.0 Å². The van der Waals surface area contributed by atoms with E-state index in [-0.39, 0.29) is 22.8 Å². The molecule has 0 heterocycles. The van der Waals surface area contributed by atoms with Crippen molar-refractivity contribution >= 4 is 21.6 Å². The van der Waals surface area contributed by atoms with Crippen molar-refractivity contribution in [1.29, 1.82) is 0 Å². The predicted octanol–water partition coefficient (Wildman–Crippen LogP) is 2.89. The third-order valence-electron chi connectivity index (χ3n) is 3.88. The van der Waals surface area contributed by atoms with Crippen LogP contribution in [0.4, 0.5) is 5.69 Å². The van der Waals surface area contributed by atoms with Crippen molar-refractivity contribution in [2.45, 2.75) is 56.9 Å². The summed E-state index contributed by atoms with van der Waals surface area (Å²) >= 11 is 0. The molecule has 1 aliphatic rings. The van der Waals surface area contributed by atoms with Gasteiger partial charge in [0.1, 0.15) is 0 Å². The molecule has 0 atom stereocenters. The molecular weight excluding hydrogens is 300 g/mol. The highest BCUT2D eigenvalue weighted by Gasteiger charge is 2.21. The molecule has 0 spiro atoms. The van der Waals surface area contributed by atoms with Gasteiger partial charge < -0.3 is 5.32 Å². The summed E-state index contributed by atoms with van der Waals surface area (Å²) in [5.74, 6) is -0.202. The number of rotatable bonds is 5. The van der Waals surface area contributed by atoms with Crippen LogP contribution in [0.1, 0.15) is 46.0 Å². The van der Waals surface area contributed by atoms with Gasteiger partial charge in [0, 0.05) is 17.6 Å². The molecule has 2 N–H and O–H groups in total. The molecule has 0 bridgehead atoms. The highest BCUT2D eigenvalue weighted by Crippen LogP contribution is 2.21. The van der Waals surface area contributed by atoms with Crippen molar-refractivity contribution in [2.24, 2.45) is 5.92 Å². The van der Waals surface area contributed by atoms with Crippen molar-refractivity contribution in [3.05, 3.63) is 24.3 Å². The van der Waals surface area contributed by atoms with Crippen molar-refractivity contribution in [1.82, 2.24) is 4.72 Å². The Balaban J connectivity index is 2.03.